The van der Waals surface area contributed by atoms with Crippen LogP contribution in [0.2, 0.25) is 0 Å². The topological polar surface area (TPSA) is 95.3 Å². The summed E-state index contributed by atoms with van der Waals surface area (Å²) in [6.45, 7) is 3.78. The number of alkyl halides is 3. The normalized spacial score (nSPS) is 11.5. The van der Waals surface area contributed by atoms with Gasteiger partial charge in [-0.15, -0.1) is 13.2 Å². The third-order valence-electron chi connectivity index (χ3n) is 6.16. The number of aromatic nitrogens is 3. The van der Waals surface area contributed by atoms with Crippen molar-refractivity contribution < 1.29 is 31.8 Å². The summed E-state index contributed by atoms with van der Waals surface area (Å²) in [5.74, 6) is -0.817. The van der Waals surface area contributed by atoms with E-state index in [9.17, 15) is 27.2 Å². The summed E-state index contributed by atoms with van der Waals surface area (Å²) in [5.41, 5.74) is 0.294. The molecule has 1 N–H and O–H groups in total. The van der Waals surface area contributed by atoms with E-state index in [1.54, 1.807) is 10.8 Å². The molecule has 3 aromatic heterocycles. The number of carbonyl (C=O) groups excluding carboxylic acids is 1. The number of carbonyl (C=O) groups is 1. The predicted molar refractivity (Wildman–Crippen MR) is 147 cm³/mol. The molecule has 2 aromatic carbocycles. The van der Waals surface area contributed by atoms with Crippen LogP contribution in [0.1, 0.15) is 30.2 Å². The van der Waals surface area contributed by atoms with Gasteiger partial charge < -0.3 is 19.4 Å². The molecule has 42 heavy (non-hydrogen) atoms. The van der Waals surface area contributed by atoms with Gasteiger partial charge in [0.2, 0.25) is 5.43 Å². The van der Waals surface area contributed by atoms with Gasteiger partial charge in [0.1, 0.15) is 34.4 Å². The summed E-state index contributed by atoms with van der Waals surface area (Å²) in [4.78, 5) is 34.6. The molecule has 0 bridgehead atoms. The minimum atomic E-state index is -4.83. The number of benzene rings is 2. The summed E-state index contributed by atoms with van der Waals surface area (Å²) in [6, 6.07) is 13.6. The highest BCUT2D eigenvalue weighted by molar-refractivity contribution is 6.04. The van der Waals surface area contributed by atoms with Crippen molar-refractivity contribution in [2.24, 2.45) is 0 Å². The standard InChI is InChI=1S/C30H22F4N4O4/c1-17(2)38-15-23(18-3-5-19(31)6-4-18)28(39)24(16-38)29(40)37-27-10-8-21(14-36-27)41-26-11-12-35-25-13-20(7-9-22(25)26)42-30(32,33)34/h3-17H,1-2H3,(H,36,37,40). The van der Waals surface area contributed by atoms with Crippen LogP contribution < -0.4 is 20.2 Å². The second kappa shape index (κ2) is 11.3. The lowest BCUT2D eigenvalue weighted by Gasteiger charge is -2.15. The number of hydrogen-bond acceptors (Lipinski definition) is 6. The number of nitrogens with zero attached hydrogens (tertiary/aromatic N) is 3. The van der Waals surface area contributed by atoms with Gasteiger partial charge in [-0.25, -0.2) is 9.37 Å². The Kier molecular flexibility index (Phi) is 7.62. The molecule has 0 aliphatic carbocycles. The number of ether oxygens (including phenoxy) is 2. The Morgan fingerprint density at radius 1 is 0.952 bits per heavy atom. The van der Waals surface area contributed by atoms with Gasteiger partial charge in [0.05, 0.1) is 11.7 Å². The molecule has 214 valence electrons. The van der Waals surface area contributed by atoms with Crippen LogP contribution in [0.3, 0.4) is 0 Å². The zero-order chi connectivity index (χ0) is 30.0. The monoisotopic (exact) mass is 578 g/mol. The van der Waals surface area contributed by atoms with Gasteiger partial charge in [-0.2, -0.15) is 0 Å². The number of anilines is 1. The highest BCUT2D eigenvalue weighted by atomic mass is 19.4. The number of nitrogens with one attached hydrogen (secondary N) is 1. The molecule has 5 aromatic rings. The second-order valence-corrected chi connectivity index (χ2v) is 9.43. The van der Waals surface area contributed by atoms with Crippen molar-refractivity contribution >= 4 is 22.6 Å². The van der Waals surface area contributed by atoms with Crippen LogP contribution in [-0.2, 0) is 0 Å². The summed E-state index contributed by atoms with van der Waals surface area (Å²) < 4.78 is 62.6. The average molecular weight is 579 g/mol. The van der Waals surface area contributed by atoms with E-state index in [4.69, 9.17) is 4.74 Å². The Morgan fingerprint density at radius 3 is 2.36 bits per heavy atom. The summed E-state index contributed by atoms with van der Waals surface area (Å²) >= 11 is 0. The van der Waals surface area contributed by atoms with E-state index < -0.39 is 29.3 Å². The van der Waals surface area contributed by atoms with Crippen molar-refractivity contribution in [1.29, 1.82) is 0 Å². The molecule has 1 amide bonds. The molecule has 8 nitrogen and oxygen atoms in total. The maximum Gasteiger partial charge on any atom is 0.573 e. The molecular weight excluding hydrogens is 556 g/mol. The fraction of sp³-hybridized carbons (Fsp3) is 0.133. The second-order valence-electron chi connectivity index (χ2n) is 9.43. The first-order chi connectivity index (χ1) is 20.0. The first-order valence-electron chi connectivity index (χ1n) is 12.6. The smallest absolute Gasteiger partial charge is 0.455 e. The molecule has 5 rings (SSSR count). The van der Waals surface area contributed by atoms with Crippen molar-refractivity contribution in [3.05, 3.63) is 107 Å². The Hall–Kier alpha value is -5.26. The lowest BCUT2D eigenvalue weighted by atomic mass is 10.0. The molecule has 0 unspecified atom stereocenters. The first kappa shape index (κ1) is 28.3. The van der Waals surface area contributed by atoms with Gasteiger partial charge in [0.15, 0.2) is 0 Å². The van der Waals surface area contributed by atoms with Crippen LogP contribution in [0.4, 0.5) is 23.4 Å². The molecule has 0 spiro atoms. The van der Waals surface area contributed by atoms with Crippen LogP contribution in [0.5, 0.6) is 17.2 Å². The van der Waals surface area contributed by atoms with Gasteiger partial charge >= 0.3 is 6.36 Å². The third-order valence-corrected chi connectivity index (χ3v) is 6.16. The Bertz CT molecular complexity index is 1820. The number of amides is 1. The Morgan fingerprint density at radius 2 is 1.69 bits per heavy atom. The van der Waals surface area contributed by atoms with Crippen molar-refractivity contribution in [3.63, 3.8) is 0 Å². The van der Waals surface area contributed by atoms with E-state index in [0.29, 0.717) is 16.7 Å². The van der Waals surface area contributed by atoms with Gasteiger partial charge in [0, 0.05) is 41.6 Å². The third kappa shape index (κ3) is 6.38. The van der Waals surface area contributed by atoms with E-state index in [1.807, 2.05) is 13.8 Å². The number of halogens is 4. The van der Waals surface area contributed by atoms with Gasteiger partial charge in [-0.05, 0) is 61.9 Å². The van der Waals surface area contributed by atoms with Crippen molar-refractivity contribution in [2.45, 2.75) is 26.3 Å². The van der Waals surface area contributed by atoms with Gasteiger partial charge in [-0.3, -0.25) is 14.6 Å². The van der Waals surface area contributed by atoms with Crippen molar-refractivity contribution in [2.75, 3.05) is 5.32 Å². The zero-order valence-electron chi connectivity index (χ0n) is 22.1. The van der Waals surface area contributed by atoms with E-state index in [1.165, 1.54) is 67.1 Å². The van der Waals surface area contributed by atoms with Crippen LogP contribution in [-0.4, -0.2) is 26.8 Å². The molecule has 0 atom stereocenters. The molecular formula is C30H22F4N4O4. The fourth-order valence-corrected chi connectivity index (χ4v) is 4.11. The van der Waals surface area contributed by atoms with E-state index in [-0.39, 0.29) is 34.3 Å². The lowest BCUT2D eigenvalue weighted by Crippen LogP contribution is -2.25. The lowest BCUT2D eigenvalue weighted by molar-refractivity contribution is -0.274. The summed E-state index contributed by atoms with van der Waals surface area (Å²) in [6.07, 6.45) is 0.952. The average Bonchev–Trinajstić information content (AvgIpc) is 2.94. The molecule has 0 aliphatic heterocycles. The van der Waals surface area contributed by atoms with Crippen molar-refractivity contribution in [1.82, 2.24) is 14.5 Å². The summed E-state index contributed by atoms with van der Waals surface area (Å²) in [7, 11) is 0. The zero-order valence-corrected chi connectivity index (χ0v) is 22.1. The minimum Gasteiger partial charge on any atom is -0.455 e. The number of hydrogen-bond donors (Lipinski definition) is 1. The van der Waals surface area contributed by atoms with Crippen LogP contribution >= 0.6 is 0 Å². The van der Waals surface area contributed by atoms with E-state index in [0.717, 1.165) is 12.1 Å². The highest BCUT2D eigenvalue weighted by Crippen LogP contribution is 2.32. The largest absolute Gasteiger partial charge is 0.573 e. The highest BCUT2D eigenvalue weighted by Gasteiger charge is 2.31. The molecule has 12 heteroatoms. The molecule has 0 radical (unpaired) electrons. The molecule has 0 saturated carbocycles. The number of rotatable bonds is 7. The van der Waals surface area contributed by atoms with E-state index in [2.05, 4.69) is 20.0 Å². The number of fused-ring (bicyclic) bond motifs is 1. The maximum absolute atomic E-state index is 13.4. The molecule has 0 aliphatic rings. The molecule has 3 heterocycles. The quantitative estimate of drug-likeness (QED) is 0.207. The van der Waals surface area contributed by atoms with E-state index >= 15 is 0 Å². The molecule has 0 fully saturated rings. The minimum absolute atomic E-state index is 0.0704. The van der Waals surface area contributed by atoms with Crippen molar-refractivity contribution in [3.8, 4) is 28.4 Å². The fourth-order valence-electron chi connectivity index (χ4n) is 4.11. The Labute approximate surface area is 236 Å². The Balaban J connectivity index is 1.35. The summed E-state index contributed by atoms with van der Waals surface area (Å²) in [5, 5.41) is 3.04. The van der Waals surface area contributed by atoms with Crippen LogP contribution in [0, 0.1) is 5.82 Å². The van der Waals surface area contributed by atoms with Gasteiger partial charge in [-0.1, -0.05) is 12.1 Å². The maximum atomic E-state index is 13.4. The molecule has 0 saturated heterocycles. The SMILES string of the molecule is CC(C)n1cc(C(=O)Nc2ccc(Oc3ccnc4cc(OC(F)(F)F)ccc34)cn2)c(=O)c(-c2ccc(F)cc2)c1. The van der Waals surface area contributed by atoms with Crippen LogP contribution in [0.15, 0.2) is 90.2 Å². The predicted octanol–water partition coefficient (Wildman–Crippen LogP) is 7.12. The number of pyridine rings is 3. The first-order valence-corrected chi connectivity index (χ1v) is 12.6. The van der Waals surface area contributed by atoms with Crippen LogP contribution in [0.25, 0.3) is 22.0 Å². The van der Waals surface area contributed by atoms with Gasteiger partial charge in [0.25, 0.3) is 5.91 Å².